The van der Waals surface area contributed by atoms with Crippen LogP contribution in [0.1, 0.15) is 45.9 Å². The first-order valence-corrected chi connectivity index (χ1v) is 10.3. The molecule has 1 saturated heterocycles. The van der Waals surface area contributed by atoms with Crippen LogP contribution in [0.2, 0.25) is 0 Å². The summed E-state index contributed by atoms with van der Waals surface area (Å²) in [6.07, 6.45) is 4.82. The number of para-hydroxylation sites is 2. The van der Waals surface area contributed by atoms with Gasteiger partial charge in [-0.25, -0.2) is 4.98 Å². The highest BCUT2D eigenvalue weighted by atomic mass is 127. The first-order valence-electron chi connectivity index (χ1n) is 10.3. The fourth-order valence-electron chi connectivity index (χ4n) is 3.64. The second kappa shape index (κ2) is 11.0. The molecule has 1 aromatic carbocycles. The van der Waals surface area contributed by atoms with Gasteiger partial charge in [0, 0.05) is 25.0 Å². The number of imidazole rings is 1. The summed E-state index contributed by atoms with van der Waals surface area (Å²) in [7, 11) is 0. The van der Waals surface area contributed by atoms with Gasteiger partial charge >= 0.3 is 0 Å². The van der Waals surface area contributed by atoms with Crippen molar-refractivity contribution in [2.75, 3.05) is 32.7 Å². The minimum atomic E-state index is 0. The van der Waals surface area contributed by atoms with Gasteiger partial charge in [-0.05, 0) is 58.8 Å². The minimum Gasteiger partial charge on any atom is -0.357 e. The fourth-order valence-corrected chi connectivity index (χ4v) is 3.64. The van der Waals surface area contributed by atoms with Gasteiger partial charge in [0.15, 0.2) is 5.96 Å². The van der Waals surface area contributed by atoms with Crippen LogP contribution < -0.4 is 10.6 Å². The van der Waals surface area contributed by atoms with Crippen molar-refractivity contribution in [3.8, 4) is 0 Å². The normalized spacial score (nSPS) is 16.0. The quantitative estimate of drug-likeness (QED) is 0.311. The summed E-state index contributed by atoms with van der Waals surface area (Å²) in [6.45, 7) is 11.6. The highest BCUT2D eigenvalue weighted by molar-refractivity contribution is 14.0. The molecule has 156 valence electrons. The van der Waals surface area contributed by atoms with E-state index in [0.29, 0.717) is 0 Å². The summed E-state index contributed by atoms with van der Waals surface area (Å²) in [6, 6.07) is 8.15. The van der Waals surface area contributed by atoms with Crippen molar-refractivity contribution in [2.24, 2.45) is 4.99 Å². The number of aromatic amines is 1. The van der Waals surface area contributed by atoms with Gasteiger partial charge < -0.3 is 15.6 Å². The SMILES string of the molecule is CCNC(=NCC(C)(C)N1CCCCC1)NCCc1nc2ccccc2[nH]1.I. The average molecular weight is 498 g/mol. The molecule has 2 heterocycles. The largest absolute Gasteiger partial charge is 0.357 e. The number of likely N-dealkylation sites (tertiary alicyclic amines) is 1. The number of H-pyrrole nitrogens is 1. The standard InChI is InChI=1S/C21H34N6.HI/c1-4-22-20(24-16-21(2,3)27-14-8-5-9-15-27)23-13-12-19-25-17-10-6-7-11-18(17)26-19;/h6-7,10-11H,4-5,8-9,12-16H2,1-3H3,(H,25,26)(H2,22,23,24);1H. The number of nitrogens with zero attached hydrogens (tertiary/aromatic N) is 3. The predicted octanol–water partition coefficient (Wildman–Crippen LogP) is 3.54. The van der Waals surface area contributed by atoms with Gasteiger partial charge in [-0.3, -0.25) is 9.89 Å². The molecule has 1 aliphatic heterocycles. The topological polar surface area (TPSA) is 68.3 Å². The third-order valence-corrected chi connectivity index (χ3v) is 5.27. The Labute approximate surface area is 186 Å². The summed E-state index contributed by atoms with van der Waals surface area (Å²) in [5.41, 5.74) is 2.22. The Morgan fingerprint density at radius 2 is 1.93 bits per heavy atom. The van der Waals surface area contributed by atoms with E-state index in [1.54, 1.807) is 0 Å². The van der Waals surface area contributed by atoms with E-state index in [2.05, 4.69) is 52.3 Å². The Balaban J connectivity index is 0.00000280. The van der Waals surface area contributed by atoms with Gasteiger partial charge in [0.2, 0.25) is 0 Å². The van der Waals surface area contributed by atoms with E-state index in [0.717, 1.165) is 48.9 Å². The number of rotatable bonds is 7. The zero-order valence-corrected chi connectivity index (χ0v) is 19.8. The van der Waals surface area contributed by atoms with E-state index in [1.165, 1.54) is 32.4 Å². The number of halogens is 1. The molecule has 3 N–H and O–H groups in total. The molecule has 0 unspecified atom stereocenters. The zero-order valence-electron chi connectivity index (χ0n) is 17.4. The molecule has 0 atom stereocenters. The number of nitrogens with one attached hydrogen (secondary N) is 3. The molecule has 6 nitrogen and oxygen atoms in total. The first-order chi connectivity index (χ1) is 13.1. The molecule has 0 saturated carbocycles. The van der Waals surface area contributed by atoms with Crippen molar-refractivity contribution in [1.29, 1.82) is 0 Å². The van der Waals surface area contributed by atoms with Crippen LogP contribution in [-0.4, -0.2) is 59.1 Å². The lowest BCUT2D eigenvalue weighted by Gasteiger charge is -2.40. The number of piperidine rings is 1. The Morgan fingerprint density at radius 1 is 1.18 bits per heavy atom. The van der Waals surface area contributed by atoms with E-state index < -0.39 is 0 Å². The van der Waals surface area contributed by atoms with Crippen LogP contribution in [0, 0.1) is 0 Å². The Bertz CT molecular complexity index is 715. The number of fused-ring (bicyclic) bond motifs is 1. The highest BCUT2D eigenvalue weighted by Crippen LogP contribution is 2.20. The molecule has 1 fully saturated rings. The van der Waals surface area contributed by atoms with Gasteiger partial charge in [-0.2, -0.15) is 0 Å². The number of aliphatic imine (C=N–C) groups is 1. The molecule has 0 spiro atoms. The van der Waals surface area contributed by atoms with Crippen molar-refractivity contribution in [2.45, 2.75) is 52.0 Å². The second-order valence-electron chi connectivity index (χ2n) is 7.93. The summed E-state index contributed by atoms with van der Waals surface area (Å²) in [4.78, 5) is 15.5. The number of hydrogen-bond acceptors (Lipinski definition) is 3. The maximum atomic E-state index is 4.86. The Kier molecular flexibility index (Phi) is 9.01. The van der Waals surface area contributed by atoms with Crippen molar-refractivity contribution in [3.63, 3.8) is 0 Å². The zero-order chi connectivity index (χ0) is 19.1. The Morgan fingerprint density at radius 3 is 2.64 bits per heavy atom. The van der Waals surface area contributed by atoms with E-state index >= 15 is 0 Å². The third-order valence-electron chi connectivity index (χ3n) is 5.27. The van der Waals surface area contributed by atoms with Crippen molar-refractivity contribution >= 4 is 41.0 Å². The maximum absolute atomic E-state index is 4.86. The monoisotopic (exact) mass is 498 g/mol. The molecule has 0 amide bonds. The van der Waals surface area contributed by atoms with Crippen LogP contribution in [0.15, 0.2) is 29.3 Å². The molecule has 1 aromatic heterocycles. The maximum Gasteiger partial charge on any atom is 0.191 e. The number of guanidine groups is 1. The number of hydrogen-bond donors (Lipinski definition) is 3. The van der Waals surface area contributed by atoms with Gasteiger partial charge in [-0.1, -0.05) is 18.6 Å². The molecule has 3 rings (SSSR count). The van der Waals surface area contributed by atoms with Gasteiger partial charge in [-0.15, -0.1) is 24.0 Å². The van der Waals surface area contributed by atoms with Gasteiger partial charge in [0.05, 0.1) is 17.6 Å². The van der Waals surface area contributed by atoms with Crippen LogP contribution in [0.25, 0.3) is 11.0 Å². The van der Waals surface area contributed by atoms with Crippen LogP contribution >= 0.6 is 24.0 Å². The molecule has 28 heavy (non-hydrogen) atoms. The summed E-state index contributed by atoms with van der Waals surface area (Å²) in [5.74, 6) is 1.90. The minimum absolute atomic E-state index is 0. The molecule has 2 aromatic rings. The van der Waals surface area contributed by atoms with E-state index in [4.69, 9.17) is 4.99 Å². The van der Waals surface area contributed by atoms with Crippen LogP contribution in [0.3, 0.4) is 0 Å². The van der Waals surface area contributed by atoms with Crippen molar-refractivity contribution in [3.05, 3.63) is 30.1 Å². The number of benzene rings is 1. The lowest BCUT2D eigenvalue weighted by Crippen LogP contribution is -2.49. The molecule has 0 aliphatic carbocycles. The molecule has 1 aliphatic rings. The lowest BCUT2D eigenvalue weighted by atomic mass is 9.99. The van der Waals surface area contributed by atoms with E-state index in [1.807, 2.05) is 18.2 Å². The predicted molar refractivity (Wildman–Crippen MR) is 129 cm³/mol. The van der Waals surface area contributed by atoms with Gasteiger partial charge in [0.25, 0.3) is 0 Å². The average Bonchev–Trinajstić information content (AvgIpc) is 3.09. The second-order valence-corrected chi connectivity index (χ2v) is 7.93. The summed E-state index contributed by atoms with van der Waals surface area (Å²) < 4.78 is 0. The summed E-state index contributed by atoms with van der Waals surface area (Å²) in [5, 5.41) is 6.81. The van der Waals surface area contributed by atoms with Gasteiger partial charge in [0.1, 0.15) is 5.82 Å². The fraction of sp³-hybridized carbons (Fsp3) is 0.619. The molecule has 0 bridgehead atoms. The first kappa shape index (κ1) is 22.9. The van der Waals surface area contributed by atoms with E-state index in [9.17, 15) is 0 Å². The van der Waals surface area contributed by atoms with Crippen molar-refractivity contribution in [1.82, 2.24) is 25.5 Å². The van der Waals surface area contributed by atoms with E-state index in [-0.39, 0.29) is 29.5 Å². The highest BCUT2D eigenvalue weighted by Gasteiger charge is 2.27. The van der Waals surface area contributed by atoms with Crippen LogP contribution in [0.5, 0.6) is 0 Å². The molecular weight excluding hydrogens is 463 g/mol. The molecular formula is C21H35IN6. The Hall–Kier alpha value is -1.35. The van der Waals surface area contributed by atoms with Crippen LogP contribution in [-0.2, 0) is 6.42 Å². The molecule has 7 heteroatoms. The number of aromatic nitrogens is 2. The lowest BCUT2D eigenvalue weighted by molar-refractivity contribution is 0.102. The summed E-state index contributed by atoms with van der Waals surface area (Å²) >= 11 is 0. The van der Waals surface area contributed by atoms with Crippen molar-refractivity contribution < 1.29 is 0 Å². The molecule has 0 radical (unpaired) electrons. The third kappa shape index (κ3) is 6.34. The van der Waals surface area contributed by atoms with Crippen LogP contribution in [0.4, 0.5) is 0 Å². The smallest absolute Gasteiger partial charge is 0.191 e.